The van der Waals surface area contributed by atoms with E-state index in [1.165, 1.54) is 44.9 Å². The minimum Gasteiger partial charge on any atom is -0.370 e. The Morgan fingerprint density at radius 1 is 1.13 bits per heavy atom. The Morgan fingerprint density at radius 3 is 2.33 bits per heavy atom. The van der Waals surface area contributed by atoms with E-state index in [2.05, 4.69) is 0 Å². The van der Waals surface area contributed by atoms with Gasteiger partial charge in [-0.2, -0.15) is 0 Å². The van der Waals surface area contributed by atoms with Crippen molar-refractivity contribution >= 4 is 5.91 Å². The summed E-state index contributed by atoms with van der Waals surface area (Å²) in [7, 11) is 0. The van der Waals surface area contributed by atoms with Crippen molar-refractivity contribution < 1.29 is 4.79 Å². The lowest BCUT2D eigenvalue weighted by Gasteiger charge is -2.44. The molecule has 4 fully saturated rings. The maximum Gasteiger partial charge on any atom is 0.217 e. The molecule has 4 rings (SSSR count). The normalized spacial score (nSPS) is 47.9. The highest BCUT2D eigenvalue weighted by atomic mass is 16.1. The predicted molar refractivity (Wildman–Crippen MR) is 59.0 cm³/mol. The molecule has 2 nitrogen and oxygen atoms in total. The van der Waals surface area contributed by atoms with E-state index < -0.39 is 0 Å². The predicted octanol–water partition coefficient (Wildman–Crippen LogP) is 2.47. The van der Waals surface area contributed by atoms with Crippen LogP contribution >= 0.6 is 0 Å². The number of carbonyl (C=O) groups is 1. The molecule has 15 heavy (non-hydrogen) atoms. The molecule has 0 heterocycles. The molecule has 2 N–H and O–H groups in total. The molecule has 0 spiro atoms. The van der Waals surface area contributed by atoms with E-state index >= 15 is 0 Å². The van der Waals surface area contributed by atoms with Gasteiger partial charge in [0.15, 0.2) is 0 Å². The molecule has 0 aromatic carbocycles. The fourth-order valence-electron chi connectivity index (χ4n) is 4.90. The van der Waals surface area contributed by atoms with Crippen LogP contribution in [-0.4, -0.2) is 5.91 Å². The molecule has 2 atom stereocenters. The average molecular weight is 207 g/mol. The van der Waals surface area contributed by atoms with Crippen molar-refractivity contribution in [3.8, 4) is 0 Å². The van der Waals surface area contributed by atoms with Crippen LogP contribution in [0.5, 0.6) is 0 Å². The van der Waals surface area contributed by atoms with Crippen molar-refractivity contribution in [3.05, 3.63) is 0 Å². The summed E-state index contributed by atoms with van der Waals surface area (Å²) in [5.74, 6) is 2.74. The Kier molecular flexibility index (Phi) is 2.08. The molecule has 84 valence electrons. The molecule has 1 amide bonds. The third kappa shape index (κ3) is 1.68. The summed E-state index contributed by atoms with van der Waals surface area (Å²) >= 11 is 0. The first-order valence-electron chi connectivity index (χ1n) is 6.43. The second-order valence-electron chi connectivity index (χ2n) is 6.40. The monoisotopic (exact) mass is 207 g/mol. The summed E-state index contributed by atoms with van der Waals surface area (Å²) in [6.45, 7) is 0. The van der Waals surface area contributed by atoms with E-state index in [0.717, 1.165) is 17.8 Å². The topological polar surface area (TPSA) is 43.1 Å². The zero-order valence-electron chi connectivity index (χ0n) is 9.37. The minimum atomic E-state index is -0.0743. The van der Waals surface area contributed by atoms with Gasteiger partial charge in [0.1, 0.15) is 0 Å². The van der Waals surface area contributed by atoms with Crippen molar-refractivity contribution in [1.82, 2.24) is 0 Å². The molecule has 2 unspecified atom stereocenters. The summed E-state index contributed by atoms with van der Waals surface area (Å²) in [6, 6.07) is 0. The molecule has 4 bridgehead atoms. The molecule has 4 saturated carbocycles. The van der Waals surface area contributed by atoms with Crippen LogP contribution in [-0.2, 0) is 4.79 Å². The molecule has 0 radical (unpaired) electrons. The standard InChI is InChI=1S/C13H21NO/c14-12(15)8-13-2-1-9-3-10(6-13)5-11(4-9)7-13/h9-11H,1-8H2,(H2,14,15). The van der Waals surface area contributed by atoms with Gasteiger partial charge < -0.3 is 5.73 Å². The van der Waals surface area contributed by atoms with Crippen LogP contribution in [0.15, 0.2) is 0 Å². The highest BCUT2D eigenvalue weighted by Crippen LogP contribution is 2.58. The number of fused-ring (bicyclic) bond motifs is 1. The summed E-state index contributed by atoms with van der Waals surface area (Å²) in [5.41, 5.74) is 5.75. The average Bonchev–Trinajstić information content (AvgIpc) is 2.29. The second-order valence-corrected chi connectivity index (χ2v) is 6.40. The zero-order chi connectivity index (χ0) is 10.5. The van der Waals surface area contributed by atoms with Gasteiger partial charge in [-0.3, -0.25) is 4.79 Å². The molecular weight excluding hydrogens is 186 g/mol. The number of carbonyl (C=O) groups excluding carboxylic acids is 1. The first-order chi connectivity index (χ1) is 7.15. The largest absolute Gasteiger partial charge is 0.370 e. The lowest BCUT2D eigenvalue weighted by Crippen LogP contribution is -2.37. The van der Waals surface area contributed by atoms with Crippen LogP contribution in [0.2, 0.25) is 0 Å². The van der Waals surface area contributed by atoms with Gasteiger partial charge in [0.05, 0.1) is 0 Å². The molecular formula is C13H21NO. The van der Waals surface area contributed by atoms with Gasteiger partial charge >= 0.3 is 0 Å². The number of amides is 1. The van der Waals surface area contributed by atoms with E-state index in [0.29, 0.717) is 11.8 Å². The number of hydrogen-bond donors (Lipinski definition) is 1. The van der Waals surface area contributed by atoms with Crippen molar-refractivity contribution in [3.63, 3.8) is 0 Å². The van der Waals surface area contributed by atoms with Gasteiger partial charge in [-0.1, -0.05) is 0 Å². The Morgan fingerprint density at radius 2 is 1.73 bits per heavy atom. The first-order valence-corrected chi connectivity index (χ1v) is 6.43. The third-order valence-electron chi connectivity index (χ3n) is 5.08. The SMILES string of the molecule is NC(=O)CC12CCC3CC(CC(C3)C1)C2. The van der Waals surface area contributed by atoms with E-state index in [4.69, 9.17) is 5.73 Å². The van der Waals surface area contributed by atoms with Crippen LogP contribution < -0.4 is 5.73 Å². The Bertz CT molecular complexity index is 272. The fourth-order valence-corrected chi connectivity index (χ4v) is 4.90. The molecule has 4 aliphatic carbocycles. The van der Waals surface area contributed by atoms with Crippen molar-refractivity contribution in [2.75, 3.05) is 0 Å². The van der Waals surface area contributed by atoms with Gasteiger partial charge in [-0.15, -0.1) is 0 Å². The number of rotatable bonds is 2. The van der Waals surface area contributed by atoms with E-state index in [1.54, 1.807) is 0 Å². The lowest BCUT2D eigenvalue weighted by atomic mass is 9.60. The highest BCUT2D eigenvalue weighted by molar-refractivity contribution is 5.74. The molecule has 0 aromatic rings. The number of primary amides is 1. The Labute approximate surface area is 91.6 Å². The quantitative estimate of drug-likeness (QED) is 0.742. The molecule has 2 heteroatoms. The summed E-state index contributed by atoms with van der Waals surface area (Å²) in [4.78, 5) is 11.2. The van der Waals surface area contributed by atoms with Gasteiger partial charge in [-0.25, -0.2) is 0 Å². The summed E-state index contributed by atoms with van der Waals surface area (Å²) in [6.07, 6.45) is 10.2. The van der Waals surface area contributed by atoms with Crippen LogP contribution in [0.3, 0.4) is 0 Å². The van der Waals surface area contributed by atoms with Gasteiger partial charge in [-0.05, 0) is 68.1 Å². The molecule has 0 saturated heterocycles. The van der Waals surface area contributed by atoms with Crippen LogP contribution in [0.1, 0.15) is 51.4 Å². The molecule has 4 aliphatic rings. The van der Waals surface area contributed by atoms with Gasteiger partial charge in [0.2, 0.25) is 5.91 Å². The Hall–Kier alpha value is -0.530. The van der Waals surface area contributed by atoms with Crippen molar-refractivity contribution in [2.24, 2.45) is 28.9 Å². The number of nitrogens with two attached hydrogens (primary N) is 1. The van der Waals surface area contributed by atoms with Crippen molar-refractivity contribution in [2.45, 2.75) is 51.4 Å². The summed E-state index contributed by atoms with van der Waals surface area (Å²) in [5, 5.41) is 0. The highest BCUT2D eigenvalue weighted by Gasteiger charge is 2.47. The van der Waals surface area contributed by atoms with Crippen LogP contribution in [0, 0.1) is 23.2 Å². The smallest absolute Gasteiger partial charge is 0.217 e. The number of hydrogen-bond acceptors (Lipinski definition) is 1. The van der Waals surface area contributed by atoms with E-state index in [1.807, 2.05) is 0 Å². The Balaban J connectivity index is 1.86. The maximum absolute atomic E-state index is 11.2. The summed E-state index contributed by atoms with van der Waals surface area (Å²) < 4.78 is 0. The minimum absolute atomic E-state index is 0.0743. The first kappa shape index (κ1) is 9.68. The van der Waals surface area contributed by atoms with Crippen LogP contribution in [0.4, 0.5) is 0 Å². The van der Waals surface area contributed by atoms with Crippen LogP contribution in [0.25, 0.3) is 0 Å². The van der Waals surface area contributed by atoms with E-state index in [-0.39, 0.29) is 5.91 Å². The fraction of sp³-hybridized carbons (Fsp3) is 0.923. The lowest BCUT2D eigenvalue weighted by molar-refractivity contribution is -0.121. The maximum atomic E-state index is 11.2. The van der Waals surface area contributed by atoms with Crippen molar-refractivity contribution in [1.29, 1.82) is 0 Å². The molecule has 0 aliphatic heterocycles. The van der Waals surface area contributed by atoms with Gasteiger partial charge in [0, 0.05) is 6.42 Å². The molecule has 0 aromatic heterocycles. The van der Waals surface area contributed by atoms with E-state index in [9.17, 15) is 4.79 Å². The third-order valence-corrected chi connectivity index (χ3v) is 5.08. The zero-order valence-corrected chi connectivity index (χ0v) is 9.37. The van der Waals surface area contributed by atoms with Gasteiger partial charge in [0.25, 0.3) is 0 Å². The second kappa shape index (κ2) is 3.23.